The minimum absolute atomic E-state index is 0.676. The molecule has 0 unspecified atom stereocenters. The van der Waals surface area contributed by atoms with E-state index in [0.29, 0.717) is 5.75 Å². The first kappa shape index (κ1) is 21.3. The molecule has 166 valence electrons. The predicted molar refractivity (Wildman–Crippen MR) is 135 cm³/mol. The maximum atomic E-state index is 5.60. The van der Waals surface area contributed by atoms with E-state index in [0.717, 1.165) is 40.2 Å². The van der Waals surface area contributed by atoms with Gasteiger partial charge in [0.05, 0.1) is 19.7 Å². The van der Waals surface area contributed by atoms with E-state index in [1.165, 1.54) is 22.1 Å². The van der Waals surface area contributed by atoms with Crippen LogP contribution < -0.4 is 9.47 Å². The molecule has 4 aromatic rings. The van der Waals surface area contributed by atoms with Crippen molar-refractivity contribution in [3.63, 3.8) is 0 Å². The maximum absolute atomic E-state index is 5.60. The van der Waals surface area contributed by atoms with Crippen LogP contribution in [0, 0.1) is 6.92 Å². The Balaban J connectivity index is 1.59. The lowest BCUT2D eigenvalue weighted by Gasteiger charge is -2.31. The molecule has 6 heteroatoms. The van der Waals surface area contributed by atoms with Crippen LogP contribution in [0.5, 0.6) is 11.5 Å². The molecule has 3 aromatic carbocycles. The monoisotopic (exact) mass is 455 g/mol. The number of benzene rings is 3. The molecule has 1 aromatic heterocycles. The molecule has 0 bridgehead atoms. The highest BCUT2D eigenvalue weighted by atomic mass is 32.2. The molecule has 5 rings (SSSR count). The Kier molecular flexibility index (Phi) is 5.92. The smallest absolute Gasteiger partial charge is 0.171 e. The summed E-state index contributed by atoms with van der Waals surface area (Å²) in [6.07, 6.45) is 0. The number of aliphatic imine (C=N–C) groups is 1. The van der Waals surface area contributed by atoms with E-state index in [1.807, 2.05) is 24.3 Å². The summed E-state index contributed by atoms with van der Waals surface area (Å²) in [5.74, 6) is 1.41. The van der Waals surface area contributed by atoms with Crippen LogP contribution in [0.25, 0.3) is 10.9 Å². The molecule has 5 nitrogen and oxygen atoms in total. The Morgan fingerprint density at radius 2 is 1.82 bits per heavy atom. The lowest BCUT2D eigenvalue weighted by molar-refractivity contribution is 0.394. The first-order chi connectivity index (χ1) is 16.1. The topological polar surface area (TPSA) is 47.0 Å². The minimum atomic E-state index is 0.676. The number of pyridine rings is 1. The minimum Gasteiger partial charge on any atom is -0.497 e. The molecule has 0 saturated heterocycles. The summed E-state index contributed by atoms with van der Waals surface area (Å²) < 4.78 is 10.9. The Hall–Kier alpha value is -3.51. The highest BCUT2D eigenvalue weighted by Gasteiger charge is 2.25. The number of aryl methyl sites for hydroxylation is 1. The molecule has 33 heavy (non-hydrogen) atoms. The lowest BCUT2D eigenvalue weighted by Crippen LogP contribution is -2.31. The van der Waals surface area contributed by atoms with Crippen LogP contribution in [-0.2, 0) is 13.1 Å². The average Bonchev–Trinajstić information content (AvgIpc) is 2.84. The van der Waals surface area contributed by atoms with E-state index in [2.05, 4.69) is 60.4 Å². The molecule has 0 fully saturated rings. The highest BCUT2D eigenvalue weighted by molar-refractivity contribution is 8.13. The van der Waals surface area contributed by atoms with Gasteiger partial charge in [-0.3, -0.25) is 0 Å². The average molecular weight is 456 g/mol. The van der Waals surface area contributed by atoms with E-state index < -0.39 is 0 Å². The van der Waals surface area contributed by atoms with Gasteiger partial charge < -0.3 is 14.4 Å². The van der Waals surface area contributed by atoms with Crippen molar-refractivity contribution in [2.24, 2.45) is 4.99 Å². The molecule has 0 aliphatic carbocycles. The Labute approximate surface area is 198 Å². The molecule has 0 amide bonds. The molecule has 1 aliphatic rings. The van der Waals surface area contributed by atoms with Crippen molar-refractivity contribution in [1.29, 1.82) is 0 Å². The fraction of sp³-hybridized carbons (Fsp3) is 0.185. The van der Waals surface area contributed by atoms with Gasteiger partial charge in [-0.25, -0.2) is 9.98 Å². The van der Waals surface area contributed by atoms with Gasteiger partial charge in [0.2, 0.25) is 0 Å². The Bertz CT molecular complexity index is 1340. The van der Waals surface area contributed by atoms with Gasteiger partial charge in [0.15, 0.2) is 5.17 Å². The second-order valence-corrected chi connectivity index (χ2v) is 8.93. The van der Waals surface area contributed by atoms with Crippen molar-refractivity contribution < 1.29 is 9.47 Å². The number of rotatable bonds is 5. The lowest BCUT2D eigenvalue weighted by atomic mass is 10.1. The molecular weight excluding hydrogens is 430 g/mol. The zero-order valence-corrected chi connectivity index (χ0v) is 19.7. The number of aromatic nitrogens is 1. The molecule has 0 atom stereocenters. The molecular formula is C27H25N3O2S. The SMILES string of the molecule is COc1ccc(N=C2Sc3nc4c(C)cccc4cc3CN2Cc2ccccc2)c(OC)c1. The Morgan fingerprint density at radius 3 is 2.61 bits per heavy atom. The maximum Gasteiger partial charge on any atom is 0.171 e. The quantitative estimate of drug-likeness (QED) is 0.351. The predicted octanol–water partition coefficient (Wildman–Crippen LogP) is 6.36. The van der Waals surface area contributed by atoms with Crippen molar-refractivity contribution in [3.8, 4) is 11.5 Å². The molecule has 0 spiro atoms. The second kappa shape index (κ2) is 9.16. The number of methoxy groups -OCH3 is 2. The van der Waals surface area contributed by atoms with Gasteiger partial charge in [0.25, 0.3) is 0 Å². The van der Waals surface area contributed by atoms with Crippen molar-refractivity contribution in [2.45, 2.75) is 25.0 Å². The third kappa shape index (κ3) is 4.39. The summed E-state index contributed by atoms with van der Waals surface area (Å²) in [4.78, 5) is 12.4. The van der Waals surface area contributed by atoms with E-state index in [-0.39, 0.29) is 0 Å². The van der Waals surface area contributed by atoms with Gasteiger partial charge in [0, 0.05) is 30.1 Å². The molecule has 2 heterocycles. The molecule has 0 N–H and O–H groups in total. The number of hydrogen-bond acceptors (Lipinski definition) is 5. The third-order valence-corrected chi connectivity index (χ3v) is 6.80. The van der Waals surface area contributed by atoms with Gasteiger partial charge in [-0.15, -0.1) is 0 Å². The summed E-state index contributed by atoms with van der Waals surface area (Å²) in [7, 11) is 3.30. The normalized spacial score (nSPS) is 14.4. The van der Waals surface area contributed by atoms with Crippen LogP contribution in [0.4, 0.5) is 5.69 Å². The van der Waals surface area contributed by atoms with Crippen LogP contribution in [0.3, 0.4) is 0 Å². The Morgan fingerprint density at radius 1 is 0.970 bits per heavy atom. The van der Waals surface area contributed by atoms with E-state index in [4.69, 9.17) is 19.5 Å². The summed E-state index contributed by atoms with van der Waals surface area (Å²) in [6, 6.07) is 24.8. The van der Waals surface area contributed by atoms with Gasteiger partial charge in [0.1, 0.15) is 22.2 Å². The van der Waals surface area contributed by atoms with Crippen LogP contribution in [0.15, 0.2) is 82.8 Å². The molecule has 1 aliphatic heterocycles. The van der Waals surface area contributed by atoms with Crippen molar-refractivity contribution in [3.05, 3.63) is 89.5 Å². The standard InChI is InChI=1S/C27H25N3O2S/c1-18-8-7-11-20-14-21-17-30(16-19-9-5-4-6-10-19)27(33-26(21)29-25(18)20)28-23-13-12-22(31-2)15-24(23)32-3/h4-15H,16-17H2,1-3H3. The second-order valence-electron chi connectivity index (χ2n) is 7.98. The van der Waals surface area contributed by atoms with Gasteiger partial charge in [-0.1, -0.05) is 48.5 Å². The zero-order chi connectivity index (χ0) is 22.8. The summed E-state index contributed by atoms with van der Waals surface area (Å²) in [5, 5.41) is 3.08. The van der Waals surface area contributed by atoms with Crippen LogP contribution >= 0.6 is 11.8 Å². The van der Waals surface area contributed by atoms with Gasteiger partial charge in [-0.2, -0.15) is 0 Å². The third-order valence-electron chi connectivity index (χ3n) is 5.73. The number of amidine groups is 1. The summed E-state index contributed by atoms with van der Waals surface area (Å²) in [6.45, 7) is 3.61. The fourth-order valence-corrected chi connectivity index (χ4v) is 4.97. The number of para-hydroxylation sites is 1. The fourth-order valence-electron chi connectivity index (χ4n) is 4.00. The molecule has 0 radical (unpaired) electrons. The van der Waals surface area contributed by atoms with Gasteiger partial charge in [-0.05, 0) is 48.0 Å². The van der Waals surface area contributed by atoms with Gasteiger partial charge >= 0.3 is 0 Å². The number of ether oxygens (including phenoxy) is 2. The first-order valence-electron chi connectivity index (χ1n) is 10.8. The van der Waals surface area contributed by atoms with Crippen LogP contribution in [-0.4, -0.2) is 29.3 Å². The van der Waals surface area contributed by atoms with Crippen molar-refractivity contribution in [2.75, 3.05) is 14.2 Å². The number of hydrogen-bond donors (Lipinski definition) is 0. The van der Waals surface area contributed by atoms with Crippen LogP contribution in [0.2, 0.25) is 0 Å². The van der Waals surface area contributed by atoms with Crippen molar-refractivity contribution >= 4 is 33.5 Å². The first-order valence-corrected chi connectivity index (χ1v) is 11.6. The highest BCUT2D eigenvalue weighted by Crippen LogP contribution is 2.38. The largest absolute Gasteiger partial charge is 0.497 e. The number of nitrogens with zero attached hydrogens (tertiary/aromatic N) is 3. The summed E-state index contributed by atoms with van der Waals surface area (Å²) in [5.41, 5.74) is 5.44. The van der Waals surface area contributed by atoms with E-state index in [1.54, 1.807) is 26.0 Å². The van der Waals surface area contributed by atoms with E-state index >= 15 is 0 Å². The number of thioether (sulfide) groups is 1. The van der Waals surface area contributed by atoms with Crippen molar-refractivity contribution in [1.82, 2.24) is 9.88 Å². The number of fused-ring (bicyclic) bond motifs is 2. The molecule has 0 saturated carbocycles. The zero-order valence-electron chi connectivity index (χ0n) is 18.9. The van der Waals surface area contributed by atoms with Crippen LogP contribution in [0.1, 0.15) is 16.7 Å². The van der Waals surface area contributed by atoms with E-state index in [9.17, 15) is 0 Å². The summed E-state index contributed by atoms with van der Waals surface area (Å²) >= 11 is 1.61.